The van der Waals surface area contributed by atoms with E-state index < -0.39 is 57.8 Å². The minimum atomic E-state index is -4.76. The SMILES string of the molecule is CC/C=C\C/C=C\C/C=C\C/C=C\CCCCC(=O)OC(CO)COP(=O)(O)OCC(COC(=O)CCCCCCCCCCCCCCCCCCCCC)OC(=O)CCCCCCCCCCCCCCCCCCC. The van der Waals surface area contributed by atoms with E-state index in [2.05, 4.69) is 69.4 Å². The molecule has 78 heavy (non-hydrogen) atoms. The van der Waals surface area contributed by atoms with Gasteiger partial charge in [-0.3, -0.25) is 23.4 Å². The lowest BCUT2D eigenvalue weighted by Gasteiger charge is -2.21. The molecule has 0 aromatic carbocycles. The first kappa shape index (κ1) is 75.4. The molecule has 3 atom stereocenters. The van der Waals surface area contributed by atoms with Crippen LogP contribution in [-0.4, -0.2) is 66.5 Å². The predicted octanol–water partition coefficient (Wildman–Crippen LogP) is 19.7. The number of ether oxygens (including phenoxy) is 3. The van der Waals surface area contributed by atoms with Gasteiger partial charge in [0, 0.05) is 19.3 Å². The van der Waals surface area contributed by atoms with Crippen LogP contribution in [0.25, 0.3) is 0 Å². The van der Waals surface area contributed by atoms with Gasteiger partial charge in [-0.2, -0.15) is 0 Å². The molecule has 12 heteroatoms. The van der Waals surface area contributed by atoms with Crippen LogP contribution in [0.4, 0.5) is 0 Å². The highest BCUT2D eigenvalue weighted by Crippen LogP contribution is 2.43. The van der Waals surface area contributed by atoms with Crippen LogP contribution in [-0.2, 0) is 42.2 Å². The molecule has 0 saturated carbocycles. The lowest BCUT2D eigenvalue weighted by molar-refractivity contribution is -0.161. The highest BCUT2D eigenvalue weighted by atomic mass is 31.2. The van der Waals surface area contributed by atoms with Gasteiger partial charge < -0.3 is 24.2 Å². The number of unbranched alkanes of at least 4 members (excludes halogenated alkanes) is 36. The second-order valence-corrected chi connectivity index (χ2v) is 23.4. The Morgan fingerprint density at radius 3 is 1.03 bits per heavy atom. The van der Waals surface area contributed by atoms with E-state index in [9.17, 15) is 28.9 Å². The van der Waals surface area contributed by atoms with Gasteiger partial charge in [0.05, 0.1) is 19.8 Å². The van der Waals surface area contributed by atoms with Gasteiger partial charge in [0.15, 0.2) is 6.10 Å². The highest BCUT2D eigenvalue weighted by Gasteiger charge is 2.28. The summed E-state index contributed by atoms with van der Waals surface area (Å²) in [5.74, 6) is -1.48. The zero-order valence-corrected chi connectivity index (χ0v) is 51.5. The van der Waals surface area contributed by atoms with E-state index in [-0.39, 0.29) is 25.9 Å². The molecule has 456 valence electrons. The van der Waals surface area contributed by atoms with Crippen LogP contribution in [0.1, 0.15) is 316 Å². The summed E-state index contributed by atoms with van der Waals surface area (Å²) in [5.41, 5.74) is 0. The van der Waals surface area contributed by atoms with Crippen LogP contribution in [0.5, 0.6) is 0 Å². The quantitative estimate of drug-likeness (QED) is 0.0197. The Labute approximate surface area is 479 Å². The van der Waals surface area contributed by atoms with Crippen molar-refractivity contribution in [1.82, 2.24) is 0 Å². The molecule has 0 spiro atoms. The molecule has 0 radical (unpaired) electrons. The number of hydrogen-bond donors (Lipinski definition) is 2. The zero-order valence-electron chi connectivity index (χ0n) is 50.6. The maximum Gasteiger partial charge on any atom is 0.472 e. The van der Waals surface area contributed by atoms with E-state index in [0.717, 1.165) is 77.0 Å². The highest BCUT2D eigenvalue weighted by molar-refractivity contribution is 7.47. The maximum atomic E-state index is 13.0. The first-order valence-electron chi connectivity index (χ1n) is 32.5. The van der Waals surface area contributed by atoms with Crippen molar-refractivity contribution in [2.75, 3.05) is 26.4 Å². The van der Waals surface area contributed by atoms with Gasteiger partial charge in [-0.15, -0.1) is 0 Å². The summed E-state index contributed by atoms with van der Waals surface area (Å²) >= 11 is 0. The van der Waals surface area contributed by atoms with Crippen LogP contribution in [0.15, 0.2) is 48.6 Å². The van der Waals surface area contributed by atoms with Crippen LogP contribution >= 0.6 is 7.82 Å². The number of phosphoric acid groups is 1. The average Bonchev–Trinajstić information content (AvgIpc) is 3.43. The molecule has 0 saturated heterocycles. The molecule has 0 aromatic heterocycles. The summed E-state index contributed by atoms with van der Waals surface area (Å²) in [6, 6.07) is 0. The Kier molecular flexibility index (Phi) is 58.5. The Morgan fingerprint density at radius 1 is 0.372 bits per heavy atom. The van der Waals surface area contributed by atoms with E-state index in [0.29, 0.717) is 19.3 Å². The van der Waals surface area contributed by atoms with E-state index in [4.69, 9.17) is 23.3 Å². The average molecular weight is 1120 g/mol. The summed E-state index contributed by atoms with van der Waals surface area (Å²) in [4.78, 5) is 48.7. The Hall–Kier alpha value is -2.56. The number of phosphoric ester groups is 1. The topological polar surface area (TPSA) is 155 Å². The first-order chi connectivity index (χ1) is 38.2. The third-order valence-electron chi connectivity index (χ3n) is 14.3. The molecule has 0 amide bonds. The number of aliphatic hydroxyl groups excluding tert-OH is 1. The fourth-order valence-electron chi connectivity index (χ4n) is 9.35. The predicted molar refractivity (Wildman–Crippen MR) is 325 cm³/mol. The summed E-state index contributed by atoms with van der Waals surface area (Å²) < 4.78 is 39.7. The van der Waals surface area contributed by atoms with Crippen LogP contribution in [0, 0.1) is 0 Å². The molecular formula is C66H121O11P. The summed E-state index contributed by atoms with van der Waals surface area (Å²) in [7, 11) is -4.76. The lowest BCUT2D eigenvalue weighted by Crippen LogP contribution is -2.30. The van der Waals surface area contributed by atoms with Gasteiger partial charge in [-0.25, -0.2) is 4.57 Å². The minimum absolute atomic E-state index is 0.127. The van der Waals surface area contributed by atoms with E-state index in [1.807, 2.05) is 0 Å². The molecule has 0 bridgehead atoms. The van der Waals surface area contributed by atoms with Crippen molar-refractivity contribution in [1.29, 1.82) is 0 Å². The second-order valence-electron chi connectivity index (χ2n) is 21.9. The fourth-order valence-corrected chi connectivity index (χ4v) is 10.1. The van der Waals surface area contributed by atoms with Crippen LogP contribution < -0.4 is 0 Å². The van der Waals surface area contributed by atoms with Gasteiger partial charge in [0.2, 0.25) is 0 Å². The molecule has 0 fully saturated rings. The molecule has 11 nitrogen and oxygen atoms in total. The fraction of sp³-hybridized carbons (Fsp3) is 0.833. The minimum Gasteiger partial charge on any atom is -0.462 e. The summed E-state index contributed by atoms with van der Waals surface area (Å²) in [5, 5.41) is 9.84. The number of carbonyl (C=O) groups is 3. The number of rotatable bonds is 61. The third kappa shape index (κ3) is 58.1. The van der Waals surface area contributed by atoms with Crippen molar-refractivity contribution in [3.05, 3.63) is 48.6 Å². The normalized spacial score (nSPS) is 13.6. The molecule has 3 unspecified atom stereocenters. The number of esters is 3. The lowest BCUT2D eigenvalue weighted by atomic mass is 10.0. The van der Waals surface area contributed by atoms with Gasteiger partial charge in [0.1, 0.15) is 12.7 Å². The molecule has 0 rings (SSSR count). The van der Waals surface area contributed by atoms with Crippen molar-refractivity contribution >= 4 is 25.7 Å². The Balaban J connectivity index is 4.69. The maximum absolute atomic E-state index is 13.0. The molecule has 0 aliphatic carbocycles. The Bertz CT molecular complexity index is 1490. The number of hydrogen-bond acceptors (Lipinski definition) is 10. The van der Waals surface area contributed by atoms with Crippen LogP contribution in [0.3, 0.4) is 0 Å². The first-order valence-corrected chi connectivity index (χ1v) is 34.0. The van der Waals surface area contributed by atoms with Crippen molar-refractivity contribution in [3.8, 4) is 0 Å². The molecular weight excluding hydrogens is 1000 g/mol. The smallest absolute Gasteiger partial charge is 0.462 e. The monoisotopic (exact) mass is 1120 g/mol. The number of allylic oxidation sites excluding steroid dienone is 8. The third-order valence-corrected chi connectivity index (χ3v) is 15.2. The van der Waals surface area contributed by atoms with Gasteiger partial charge >= 0.3 is 25.7 Å². The van der Waals surface area contributed by atoms with Crippen LogP contribution in [0.2, 0.25) is 0 Å². The van der Waals surface area contributed by atoms with Crippen molar-refractivity contribution in [2.45, 2.75) is 328 Å². The molecule has 0 aromatic rings. The standard InChI is InChI=1S/C66H121O11P/c1-4-7-10-13-16-19-22-25-28-30-31-33-35-37-40-43-46-49-52-55-64(68)73-59-63(77-66(70)57-54-51-48-45-42-39-36-32-29-26-23-20-17-14-11-8-5-2)61-75-78(71,72)74-60-62(58-67)76-65(69)56-53-50-47-44-41-38-34-27-24-21-18-15-12-9-6-3/h9,12,18,21,27,34,41,44,62-63,67H,4-8,10-11,13-17,19-20,22-26,28-33,35-40,42-43,45-61H2,1-3H3,(H,71,72)/b12-9-,21-18-,34-27-,44-41-. The second kappa shape index (κ2) is 60.5. The zero-order chi connectivity index (χ0) is 56.9. The van der Waals surface area contributed by atoms with Gasteiger partial charge in [0.25, 0.3) is 0 Å². The van der Waals surface area contributed by atoms with Crippen molar-refractivity contribution in [3.63, 3.8) is 0 Å². The van der Waals surface area contributed by atoms with Crippen molar-refractivity contribution < 1.29 is 52.2 Å². The van der Waals surface area contributed by atoms with Gasteiger partial charge in [-0.1, -0.05) is 288 Å². The molecule has 0 aliphatic heterocycles. The number of aliphatic hydroxyl groups is 1. The van der Waals surface area contributed by atoms with E-state index in [1.165, 1.54) is 180 Å². The van der Waals surface area contributed by atoms with Crippen molar-refractivity contribution in [2.24, 2.45) is 0 Å². The molecule has 0 aliphatic rings. The molecule has 2 N–H and O–H groups in total. The summed E-state index contributed by atoms with van der Waals surface area (Å²) in [6.45, 7) is 4.56. The molecule has 0 heterocycles. The largest absolute Gasteiger partial charge is 0.472 e. The Morgan fingerprint density at radius 2 is 0.667 bits per heavy atom. The number of carbonyl (C=O) groups excluding carboxylic acids is 3. The van der Waals surface area contributed by atoms with E-state index >= 15 is 0 Å². The van der Waals surface area contributed by atoms with Gasteiger partial charge in [-0.05, 0) is 57.8 Å². The summed E-state index contributed by atoms with van der Waals surface area (Å²) in [6.07, 6.45) is 66.4. The van der Waals surface area contributed by atoms with E-state index in [1.54, 1.807) is 0 Å².